The van der Waals surface area contributed by atoms with E-state index in [2.05, 4.69) is 91.4 Å². The Morgan fingerprint density at radius 1 is 0.352 bits per heavy atom. The number of nitrogens with two attached hydrogens (primary N) is 1. The van der Waals surface area contributed by atoms with E-state index < -0.39 is 5.91 Å². The van der Waals surface area contributed by atoms with E-state index in [1.54, 1.807) is 126 Å². The fraction of sp³-hybridized carbons (Fsp3) is 0.337. The van der Waals surface area contributed by atoms with Crippen LogP contribution in [0, 0.1) is 0 Å². The third-order valence-corrected chi connectivity index (χ3v) is 24.4. The fourth-order valence-corrected chi connectivity index (χ4v) is 17.7. The molecule has 0 fully saturated rings. The molecule has 10 heterocycles. The molecule has 0 aliphatic rings. The van der Waals surface area contributed by atoms with Crippen molar-refractivity contribution in [2.45, 2.75) is 170 Å². The van der Waals surface area contributed by atoms with Gasteiger partial charge in [0.25, 0.3) is 11.8 Å². The van der Waals surface area contributed by atoms with Crippen LogP contribution in [-0.4, -0.2) is 143 Å². The molecule has 0 aliphatic carbocycles. The average Bonchev–Trinajstić information content (AvgIpc) is 1.62. The first-order valence-corrected chi connectivity index (χ1v) is 44.5. The molecular weight excluding hydrogens is 1730 g/mol. The Bertz CT molecular complexity index is 6830. The lowest BCUT2D eigenvalue weighted by atomic mass is 10.0. The number of fused-ring (bicyclic) bond motifs is 5. The number of aromatic nitrogens is 15. The number of imidazole rings is 5. The molecule has 0 spiro atoms. The molecule has 0 atom stereocenters. The minimum absolute atomic E-state index is 0.0274. The molecular formula is C95H107Cl5N18O10. The highest BCUT2D eigenvalue weighted by atomic mass is 35.5. The zero-order valence-electron chi connectivity index (χ0n) is 74.5. The highest BCUT2D eigenvalue weighted by Crippen LogP contribution is 2.42. The summed E-state index contributed by atoms with van der Waals surface area (Å²) in [4.78, 5) is 138. The Morgan fingerprint density at radius 3 is 0.906 bits per heavy atom. The Morgan fingerprint density at radius 2 is 0.617 bits per heavy atom. The highest BCUT2D eigenvalue weighted by molar-refractivity contribution is 6.36. The topological polar surface area (TPSA) is 356 Å². The Labute approximate surface area is 764 Å². The van der Waals surface area contributed by atoms with Crippen molar-refractivity contribution in [2.24, 2.45) is 5.73 Å². The SMILES string of the molecule is CCC(CC)n1c(=O)[nH]c2ncc(Cl)c(-c3ccc(C(=O)N(C)C)cc3)c21.CCC(CC)n1c(=O)[nH]c2ncc(Cl)c(-c3cccc(C(=O)N(C)C)c3)c21.CCC(CC)n1c(=O)[nH]c2ncc(Cl)c(-c3cccc(C(N)=O)c3)c21.CCC(CC)n1c(=O)[nH]c2ncc(Cl)c(-c3cccc(COC)c3)c21.CCC(CC)n1c(=O)[nH]c2ncc(Cl)c(-c3cccc(OC)c3)c21. The molecule has 28 nitrogen and oxygen atoms in total. The lowest BCUT2D eigenvalue weighted by Gasteiger charge is -2.17. The number of amides is 3. The summed E-state index contributed by atoms with van der Waals surface area (Å²) in [5.41, 5.74) is 21.1. The number of nitrogens with one attached hydrogen (secondary N) is 5. The number of H-pyrrole nitrogens is 5. The molecule has 0 saturated heterocycles. The number of pyridine rings is 5. The summed E-state index contributed by atoms with van der Waals surface area (Å²) in [5, 5.41) is 2.35. The number of hydrogen-bond donors (Lipinski definition) is 6. The summed E-state index contributed by atoms with van der Waals surface area (Å²) in [6.07, 6.45) is 16.1. The van der Waals surface area contributed by atoms with Gasteiger partial charge in [-0.25, -0.2) is 48.9 Å². The summed E-state index contributed by atoms with van der Waals surface area (Å²) in [5.74, 6) is 0.0584. The second-order valence-electron chi connectivity index (χ2n) is 31.1. The van der Waals surface area contributed by atoms with Crippen molar-refractivity contribution >= 4 is 132 Å². The first-order chi connectivity index (χ1) is 61.4. The quantitative estimate of drug-likeness (QED) is 0.0293. The molecule has 0 bridgehead atoms. The number of aromatic amines is 5. The highest BCUT2D eigenvalue weighted by Gasteiger charge is 2.29. The lowest BCUT2D eigenvalue weighted by molar-refractivity contribution is 0.0820. The van der Waals surface area contributed by atoms with E-state index in [0.717, 1.165) is 125 Å². The molecule has 0 unspecified atom stereocenters. The molecule has 10 aromatic heterocycles. The van der Waals surface area contributed by atoms with Crippen molar-refractivity contribution in [1.82, 2.24) is 82.5 Å². The van der Waals surface area contributed by atoms with Crippen molar-refractivity contribution in [3.63, 3.8) is 0 Å². The summed E-state index contributed by atoms with van der Waals surface area (Å²) < 4.78 is 19.3. The third-order valence-electron chi connectivity index (χ3n) is 22.9. The van der Waals surface area contributed by atoms with Gasteiger partial charge in [0.15, 0.2) is 28.2 Å². The van der Waals surface area contributed by atoms with Gasteiger partial charge in [0, 0.05) is 141 Å². The van der Waals surface area contributed by atoms with Crippen LogP contribution in [0.15, 0.2) is 176 Å². The number of halogens is 5. The molecule has 0 saturated carbocycles. The minimum Gasteiger partial charge on any atom is -0.497 e. The third kappa shape index (κ3) is 20.2. The van der Waals surface area contributed by atoms with E-state index in [0.29, 0.717) is 110 Å². The molecule has 672 valence electrons. The number of benzene rings is 5. The van der Waals surface area contributed by atoms with Gasteiger partial charge >= 0.3 is 28.4 Å². The van der Waals surface area contributed by atoms with Crippen LogP contribution in [0.2, 0.25) is 25.1 Å². The van der Waals surface area contributed by atoms with E-state index in [1.807, 2.05) is 107 Å². The summed E-state index contributed by atoms with van der Waals surface area (Å²) in [6, 6.07) is 37.4. The van der Waals surface area contributed by atoms with Gasteiger partial charge in [0.1, 0.15) is 5.75 Å². The van der Waals surface area contributed by atoms with Crippen LogP contribution in [-0.2, 0) is 11.3 Å². The number of primary amides is 1. The van der Waals surface area contributed by atoms with E-state index in [-0.39, 0.29) is 70.5 Å². The van der Waals surface area contributed by atoms with Gasteiger partial charge in [-0.2, -0.15) is 0 Å². The maximum Gasteiger partial charge on any atom is 0.327 e. The molecule has 128 heavy (non-hydrogen) atoms. The van der Waals surface area contributed by atoms with Gasteiger partial charge in [-0.1, -0.05) is 194 Å². The van der Waals surface area contributed by atoms with Gasteiger partial charge in [-0.05, 0) is 152 Å². The Balaban J connectivity index is 0.000000155. The van der Waals surface area contributed by atoms with Crippen LogP contribution in [0.25, 0.3) is 111 Å². The summed E-state index contributed by atoms with van der Waals surface area (Å²) in [7, 11) is 10.1. The van der Waals surface area contributed by atoms with Crippen LogP contribution in [0.3, 0.4) is 0 Å². The van der Waals surface area contributed by atoms with E-state index in [9.17, 15) is 38.4 Å². The number of rotatable bonds is 26. The van der Waals surface area contributed by atoms with Crippen LogP contribution < -0.4 is 38.9 Å². The summed E-state index contributed by atoms with van der Waals surface area (Å²) >= 11 is 32.4. The first kappa shape index (κ1) is 96.5. The first-order valence-electron chi connectivity index (χ1n) is 42.7. The Kier molecular flexibility index (Phi) is 32.5. The molecule has 0 radical (unpaired) electrons. The minimum atomic E-state index is -0.519. The van der Waals surface area contributed by atoms with Crippen LogP contribution in [0.1, 0.15) is 200 Å². The smallest absolute Gasteiger partial charge is 0.327 e. The van der Waals surface area contributed by atoms with Gasteiger partial charge in [0.2, 0.25) is 5.91 Å². The van der Waals surface area contributed by atoms with E-state index in [4.69, 9.17) is 73.2 Å². The predicted octanol–water partition coefficient (Wildman–Crippen LogP) is 20.7. The van der Waals surface area contributed by atoms with Gasteiger partial charge in [0.05, 0.1) is 66.4 Å². The normalized spacial score (nSPS) is 11.4. The molecule has 5 aromatic carbocycles. The van der Waals surface area contributed by atoms with Gasteiger partial charge < -0.3 is 25.0 Å². The van der Waals surface area contributed by atoms with Crippen molar-refractivity contribution in [3.05, 3.63) is 252 Å². The maximum atomic E-state index is 12.6. The number of nitrogens with zero attached hydrogens (tertiary/aromatic N) is 12. The zero-order valence-corrected chi connectivity index (χ0v) is 78.3. The van der Waals surface area contributed by atoms with E-state index >= 15 is 0 Å². The van der Waals surface area contributed by atoms with Gasteiger partial charge in [-0.15, -0.1) is 0 Å². The second kappa shape index (κ2) is 43.1. The Hall–Kier alpha value is -12.2. The summed E-state index contributed by atoms with van der Waals surface area (Å²) in [6.45, 7) is 21.1. The van der Waals surface area contributed by atoms with Crippen molar-refractivity contribution in [3.8, 4) is 61.4 Å². The maximum absolute atomic E-state index is 12.6. The second-order valence-corrected chi connectivity index (χ2v) is 33.1. The van der Waals surface area contributed by atoms with Crippen LogP contribution >= 0.6 is 58.0 Å². The lowest BCUT2D eigenvalue weighted by Crippen LogP contribution is -2.22. The number of carbonyl (C=O) groups excluding carboxylic acids is 3. The number of carbonyl (C=O) groups is 3. The van der Waals surface area contributed by atoms with Crippen molar-refractivity contribution < 1.29 is 23.9 Å². The molecule has 3 amide bonds. The van der Waals surface area contributed by atoms with Crippen LogP contribution in [0.5, 0.6) is 5.75 Å². The van der Waals surface area contributed by atoms with Crippen molar-refractivity contribution in [1.29, 1.82) is 0 Å². The average molecular weight is 1840 g/mol. The molecule has 33 heteroatoms. The predicted molar refractivity (Wildman–Crippen MR) is 514 cm³/mol. The fourth-order valence-electron chi connectivity index (χ4n) is 16.4. The molecule has 0 aliphatic heterocycles. The van der Waals surface area contributed by atoms with Crippen molar-refractivity contribution in [2.75, 3.05) is 42.4 Å². The molecule has 15 rings (SSSR count). The van der Waals surface area contributed by atoms with Gasteiger partial charge in [-0.3, -0.25) is 62.1 Å². The standard InChI is InChI=1S/2C20H23ClN4O2.C19H22ClN3O2.C18H19ClN4O2.C18H20ClN3O2/c1-5-14(6-2)25-17-16(15(21)11-22-18(17)23-20(25)27)12-7-9-13(10-8-12)19(26)24(3)4;1-5-14(6-2)25-17-16(15(21)11-22-18(17)23-20(25)27)12-8-7-9-13(10-12)19(26)24(3)4;1-4-14(5-2)23-17-16(13-8-6-7-12(9-13)11-25-3)15(20)10-21-18(17)22-19(23)24;1-3-12(4-2)23-15-14(10-6-5-7-11(8-10)16(20)24)13(19)9-21-17(15)22-18(23)25;1-4-12(5-2)22-16-15(11-7-6-8-13(9-11)24-3)14(19)10-20-17(16)21-18(22)23/h2*7-11,14H,5-6H2,1-4H3,(H,22,23,27);6-10,14H,4-5,11H2,1-3H3,(H,21,22,24);5-9,12H,3-4H2,1-2H3,(H2,20,24)(H,21,22,25);6-10,12H,4-5H2,1-3H3,(H,20,21,23). The number of methoxy groups -OCH3 is 2. The largest absolute Gasteiger partial charge is 0.497 e. The zero-order chi connectivity index (χ0) is 92.8. The number of hydrogen-bond acceptors (Lipinski definition) is 15. The number of ether oxygens (including phenoxy) is 2. The molecule has 7 N–H and O–H groups in total. The molecule has 15 aromatic rings. The van der Waals surface area contributed by atoms with E-state index in [1.165, 1.54) is 22.2 Å². The monoisotopic (exact) mass is 1830 g/mol. The van der Waals surface area contributed by atoms with Crippen LogP contribution in [0.4, 0.5) is 0 Å².